The summed E-state index contributed by atoms with van der Waals surface area (Å²) in [7, 11) is 0. The Morgan fingerprint density at radius 1 is 1.16 bits per heavy atom. The third-order valence-electron chi connectivity index (χ3n) is 4.57. The maximum absolute atomic E-state index is 13.0. The molecule has 7 nitrogen and oxygen atoms in total. The van der Waals surface area contributed by atoms with Crippen molar-refractivity contribution in [3.05, 3.63) is 84.0 Å². The summed E-state index contributed by atoms with van der Waals surface area (Å²) >= 11 is 1.22. The number of nitrogens with zero attached hydrogens (tertiary/aromatic N) is 3. The van der Waals surface area contributed by atoms with Gasteiger partial charge < -0.3 is 15.2 Å². The number of halogens is 1. The van der Waals surface area contributed by atoms with Crippen LogP contribution in [0.3, 0.4) is 0 Å². The molecule has 9 heteroatoms. The van der Waals surface area contributed by atoms with E-state index in [1.54, 1.807) is 18.2 Å². The second kappa shape index (κ2) is 10.7. The van der Waals surface area contributed by atoms with Gasteiger partial charge in [0.05, 0.1) is 11.8 Å². The average molecular weight is 454 g/mol. The number of amides is 2. The molecule has 3 aromatic rings. The molecule has 0 aliphatic rings. The molecule has 0 unspecified atom stereocenters. The van der Waals surface area contributed by atoms with Gasteiger partial charge in [-0.25, -0.2) is 4.39 Å². The number of allylic oxidation sites excluding steroid dienone is 1. The van der Waals surface area contributed by atoms with Gasteiger partial charge in [0, 0.05) is 17.8 Å². The number of rotatable bonds is 9. The number of hydrogen-bond acceptors (Lipinski definition) is 5. The lowest BCUT2D eigenvalue weighted by Crippen LogP contribution is -2.28. The van der Waals surface area contributed by atoms with Gasteiger partial charge in [-0.05, 0) is 50.2 Å². The van der Waals surface area contributed by atoms with Gasteiger partial charge in [-0.15, -0.1) is 16.8 Å². The van der Waals surface area contributed by atoms with Crippen LogP contribution in [0.4, 0.5) is 10.1 Å². The minimum atomic E-state index is -0.404. The minimum Gasteiger partial charge on any atom is -0.342 e. The Kier molecular flexibility index (Phi) is 7.77. The smallest absolute Gasteiger partial charge is 0.251 e. The van der Waals surface area contributed by atoms with E-state index >= 15 is 0 Å². The zero-order valence-electron chi connectivity index (χ0n) is 17.8. The highest BCUT2D eigenvalue weighted by Crippen LogP contribution is 2.21. The van der Waals surface area contributed by atoms with Gasteiger partial charge in [-0.2, -0.15) is 0 Å². The van der Waals surface area contributed by atoms with Crippen molar-refractivity contribution in [1.29, 1.82) is 0 Å². The molecule has 3 rings (SSSR count). The van der Waals surface area contributed by atoms with E-state index < -0.39 is 6.04 Å². The fraction of sp³-hybridized carbons (Fsp3) is 0.217. The Hall–Kier alpha value is -3.46. The molecule has 1 atom stereocenters. The summed E-state index contributed by atoms with van der Waals surface area (Å²) in [6.45, 7) is 7.98. The van der Waals surface area contributed by atoms with Gasteiger partial charge in [0.2, 0.25) is 5.91 Å². The number of aromatic nitrogens is 3. The van der Waals surface area contributed by atoms with Gasteiger partial charge >= 0.3 is 0 Å². The van der Waals surface area contributed by atoms with Gasteiger partial charge in [0.1, 0.15) is 5.82 Å². The molecule has 1 aromatic heterocycles. The first-order valence-corrected chi connectivity index (χ1v) is 11.0. The summed E-state index contributed by atoms with van der Waals surface area (Å²) in [6.07, 6.45) is 1.70. The van der Waals surface area contributed by atoms with Crippen LogP contribution in [0.2, 0.25) is 0 Å². The van der Waals surface area contributed by atoms with E-state index in [0.717, 1.165) is 5.56 Å². The van der Waals surface area contributed by atoms with E-state index in [1.165, 1.54) is 36.0 Å². The number of carbonyl (C=O) groups excluding carboxylic acids is 2. The van der Waals surface area contributed by atoms with E-state index in [1.807, 2.05) is 30.5 Å². The molecule has 32 heavy (non-hydrogen) atoms. The van der Waals surface area contributed by atoms with E-state index in [-0.39, 0.29) is 23.4 Å². The van der Waals surface area contributed by atoms with Crippen LogP contribution >= 0.6 is 11.8 Å². The molecule has 2 N–H and O–H groups in total. The van der Waals surface area contributed by atoms with Crippen LogP contribution in [-0.2, 0) is 11.3 Å². The lowest BCUT2D eigenvalue weighted by Gasteiger charge is -2.15. The largest absolute Gasteiger partial charge is 0.342 e. The monoisotopic (exact) mass is 453 g/mol. The number of anilines is 1. The Bertz CT molecular complexity index is 1100. The van der Waals surface area contributed by atoms with Crippen LogP contribution < -0.4 is 10.6 Å². The fourth-order valence-electron chi connectivity index (χ4n) is 2.94. The highest BCUT2D eigenvalue weighted by atomic mass is 32.2. The molecule has 2 aromatic carbocycles. The van der Waals surface area contributed by atoms with Crippen molar-refractivity contribution in [1.82, 2.24) is 20.1 Å². The molecular weight excluding hydrogens is 429 g/mol. The Morgan fingerprint density at radius 2 is 1.84 bits per heavy atom. The van der Waals surface area contributed by atoms with Crippen LogP contribution in [0.25, 0.3) is 0 Å². The van der Waals surface area contributed by atoms with Crippen LogP contribution in [0.5, 0.6) is 0 Å². The predicted octanol–water partition coefficient (Wildman–Crippen LogP) is 4.13. The number of aryl methyl sites for hydroxylation is 1. The normalized spacial score (nSPS) is 11.6. The maximum Gasteiger partial charge on any atom is 0.251 e. The third kappa shape index (κ3) is 6.04. The molecule has 0 fully saturated rings. The van der Waals surface area contributed by atoms with Crippen molar-refractivity contribution in [3.63, 3.8) is 0 Å². The SMILES string of the molecule is C=CCn1c(SCC(=O)Nc2ccc(F)cc2)nnc1[C@H](C)NC(=O)c1ccc(C)cc1. The number of carbonyl (C=O) groups is 2. The van der Waals surface area contributed by atoms with E-state index in [0.29, 0.717) is 28.8 Å². The first-order valence-electron chi connectivity index (χ1n) is 9.97. The quantitative estimate of drug-likeness (QED) is 0.376. The second-order valence-corrected chi connectivity index (χ2v) is 8.09. The lowest BCUT2D eigenvalue weighted by atomic mass is 10.1. The molecule has 0 saturated heterocycles. The number of thioether (sulfide) groups is 1. The molecule has 2 amide bonds. The van der Waals surface area contributed by atoms with Crippen LogP contribution in [0.1, 0.15) is 34.7 Å². The molecule has 0 aliphatic heterocycles. The van der Waals surface area contributed by atoms with Gasteiger partial charge in [-0.3, -0.25) is 9.59 Å². The van der Waals surface area contributed by atoms with E-state index in [2.05, 4.69) is 27.4 Å². The predicted molar refractivity (Wildman–Crippen MR) is 123 cm³/mol. The standard InChI is InChI=1S/C23H24FN5O2S/c1-4-13-29-21(16(3)25-22(31)17-7-5-15(2)6-8-17)27-28-23(29)32-14-20(30)26-19-11-9-18(24)10-12-19/h4-12,16H,1,13-14H2,2-3H3,(H,25,31)(H,26,30)/t16-/m0/s1. The van der Waals surface area contributed by atoms with Crippen molar-refractivity contribution in [2.45, 2.75) is 31.6 Å². The molecular formula is C23H24FN5O2S. The summed E-state index contributed by atoms with van der Waals surface area (Å²) < 4.78 is 14.8. The van der Waals surface area contributed by atoms with Crippen molar-refractivity contribution in [3.8, 4) is 0 Å². The highest BCUT2D eigenvalue weighted by Gasteiger charge is 2.20. The van der Waals surface area contributed by atoms with Crippen molar-refractivity contribution in [2.75, 3.05) is 11.1 Å². The summed E-state index contributed by atoms with van der Waals surface area (Å²) in [6, 6.07) is 12.4. The molecule has 1 heterocycles. The second-order valence-electron chi connectivity index (χ2n) is 7.14. The van der Waals surface area contributed by atoms with Crippen LogP contribution in [-0.4, -0.2) is 32.3 Å². The number of benzene rings is 2. The maximum atomic E-state index is 13.0. The first-order chi connectivity index (χ1) is 15.4. The van der Waals surface area contributed by atoms with Crippen LogP contribution in [0.15, 0.2) is 66.3 Å². The van der Waals surface area contributed by atoms with Gasteiger partial charge in [0.25, 0.3) is 5.91 Å². The number of hydrogen-bond donors (Lipinski definition) is 2. The first kappa shape index (κ1) is 23.2. The van der Waals surface area contributed by atoms with Crippen molar-refractivity contribution < 1.29 is 14.0 Å². The molecule has 166 valence electrons. The van der Waals surface area contributed by atoms with E-state index in [9.17, 15) is 14.0 Å². The topological polar surface area (TPSA) is 88.9 Å². The Balaban J connectivity index is 1.65. The third-order valence-corrected chi connectivity index (χ3v) is 5.53. The fourth-order valence-corrected chi connectivity index (χ4v) is 3.69. The molecule has 0 aliphatic carbocycles. The Labute approximate surface area is 190 Å². The van der Waals surface area contributed by atoms with Crippen LogP contribution in [0, 0.1) is 12.7 Å². The summed E-state index contributed by atoms with van der Waals surface area (Å²) in [4.78, 5) is 24.8. The van der Waals surface area contributed by atoms with E-state index in [4.69, 9.17) is 0 Å². The molecule has 0 radical (unpaired) electrons. The Morgan fingerprint density at radius 3 is 2.50 bits per heavy atom. The highest BCUT2D eigenvalue weighted by molar-refractivity contribution is 7.99. The molecule has 0 bridgehead atoms. The zero-order chi connectivity index (χ0) is 23.1. The zero-order valence-corrected chi connectivity index (χ0v) is 18.7. The summed E-state index contributed by atoms with van der Waals surface area (Å²) in [5.74, 6) is -0.176. The molecule has 0 spiro atoms. The van der Waals surface area contributed by atoms with Crippen molar-refractivity contribution in [2.24, 2.45) is 0 Å². The van der Waals surface area contributed by atoms with Crippen molar-refractivity contribution >= 4 is 29.3 Å². The summed E-state index contributed by atoms with van der Waals surface area (Å²) in [5.41, 5.74) is 2.15. The average Bonchev–Trinajstić information content (AvgIpc) is 3.17. The minimum absolute atomic E-state index is 0.0940. The number of nitrogens with one attached hydrogen (secondary N) is 2. The van der Waals surface area contributed by atoms with Gasteiger partial charge in [0.15, 0.2) is 11.0 Å². The van der Waals surface area contributed by atoms with Gasteiger partial charge in [-0.1, -0.05) is 35.5 Å². The lowest BCUT2D eigenvalue weighted by molar-refractivity contribution is -0.113. The summed E-state index contributed by atoms with van der Waals surface area (Å²) in [5, 5.41) is 14.6. The molecule has 0 saturated carbocycles.